The van der Waals surface area contributed by atoms with Crippen molar-refractivity contribution in [3.63, 3.8) is 0 Å². The molecule has 0 aromatic heterocycles. The van der Waals surface area contributed by atoms with Gasteiger partial charge in [-0.25, -0.2) is 0 Å². The van der Waals surface area contributed by atoms with E-state index in [1.165, 1.54) is 116 Å². The van der Waals surface area contributed by atoms with Gasteiger partial charge in [0.2, 0.25) is 0 Å². The van der Waals surface area contributed by atoms with Gasteiger partial charge in [0.1, 0.15) is 31.0 Å². The van der Waals surface area contributed by atoms with Crippen LogP contribution in [-0.2, 0) is 28.5 Å². The molecule has 55 heavy (non-hydrogen) atoms. The molecule has 2 unspecified atom stereocenters. The minimum absolute atomic E-state index is 0.226. The first-order valence-electron chi connectivity index (χ1n) is 22.4. The molecule has 322 valence electrons. The molecule has 0 saturated carbocycles. The van der Waals surface area contributed by atoms with Gasteiger partial charge in [0, 0.05) is 12.8 Å². The van der Waals surface area contributed by atoms with Crippen molar-refractivity contribution in [2.45, 2.75) is 230 Å². The largest absolute Gasteiger partial charge is 0.462 e. The molecule has 0 radical (unpaired) electrons. The van der Waals surface area contributed by atoms with Gasteiger partial charge < -0.3 is 39.4 Å². The van der Waals surface area contributed by atoms with Gasteiger partial charge in [0.05, 0.1) is 13.2 Å². The zero-order valence-electron chi connectivity index (χ0n) is 34.8. The molecular formula is C45H82O10. The molecule has 1 saturated heterocycles. The molecule has 0 bridgehead atoms. The molecule has 4 N–H and O–H groups in total. The summed E-state index contributed by atoms with van der Waals surface area (Å²) in [5, 5.41) is 40.0. The number of ether oxygens (including phenoxy) is 4. The lowest BCUT2D eigenvalue weighted by atomic mass is 9.99. The molecule has 1 rings (SSSR count). The Balaban J connectivity index is 2.33. The summed E-state index contributed by atoms with van der Waals surface area (Å²) in [4.78, 5) is 25.3. The van der Waals surface area contributed by atoms with Crippen LogP contribution in [0.5, 0.6) is 0 Å². The first-order valence-corrected chi connectivity index (χ1v) is 22.4. The highest BCUT2D eigenvalue weighted by Crippen LogP contribution is 2.23. The van der Waals surface area contributed by atoms with Gasteiger partial charge in [0.15, 0.2) is 12.4 Å². The van der Waals surface area contributed by atoms with Crippen LogP contribution < -0.4 is 0 Å². The standard InChI is InChI=1S/C45H82O10/c1-3-5-7-9-11-13-15-17-19-21-23-25-27-29-31-33-40(47)52-36-38(37-53-45-44(51)43(50)42(49)39(35-46)55-45)54-41(48)34-32-30-28-26-24-22-20-18-16-14-12-10-8-6-4-2/h4,23,25,38-39,42-46,49-51H,2-3,5-22,24,26-37H2,1H3/b25-23+/t38-,39-,42+,43?,44?,45-/m0/s1. The van der Waals surface area contributed by atoms with E-state index in [0.717, 1.165) is 44.9 Å². The zero-order valence-corrected chi connectivity index (χ0v) is 34.8. The lowest BCUT2D eigenvalue weighted by Crippen LogP contribution is -2.59. The van der Waals surface area contributed by atoms with Crippen molar-refractivity contribution in [2.24, 2.45) is 0 Å². The van der Waals surface area contributed by atoms with Crippen LogP contribution in [0.4, 0.5) is 0 Å². The van der Waals surface area contributed by atoms with Gasteiger partial charge in [-0.05, 0) is 51.4 Å². The van der Waals surface area contributed by atoms with Crippen LogP contribution in [0.2, 0.25) is 0 Å². The second kappa shape index (κ2) is 36.5. The number of rotatable bonds is 38. The van der Waals surface area contributed by atoms with E-state index in [2.05, 4.69) is 25.7 Å². The second-order valence-corrected chi connectivity index (χ2v) is 15.6. The van der Waals surface area contributed by atoms with Crippen LogP contribution >= 0.6 is 0 Å². The van der Waals surface area contributed by atoms with E-state index in [-0.39, 0.29) is 26.1 Å². The summed E-state index contributed by atoms with van der Waals surface area (Å²) >= 11 is 0. The summed E-state index contributed by atoms with van der Waals surface area (Å²) < 4.78 is 22.1. The fourth-order valence-electron chi connectivity index (χ4n) is 6.87. The van der Waals surface area contributed by atoms with Gasteiger partial charge in [-0.2, -0.15) is 0 Å². The molecule has 10 heteroatoms. The van der Waals surface area contributed by atoms with Gasteiger partial charge >= 0.3 is 11.9 Å². The van der Waals surface area contributed by atoms with Gasteiger partial charge in [0.25, 0.3) is 0 Å². The zero-order chi connectivity index (χ0) is 40.2. The van der Waals surface area contributed by atoms with E-state index in [4.69, 9.17) is 18.9 Å². The van der Waals surface area contributed by atoms with Gasteiger partial charge in [-0.15, -0.1) is 6.58 Å². The number of carbonyl (C=O) groups is 2. The number of aliphatic hydroxyl groups excluding tert-OH is 4. The average Bonchev–Trinajstić information content (AvgIpc) is 3.18. The van der Waals surface area contributed by atoms with E-state index in [0.29, 0.717) is 12.8 Å². The monoisotopic (exact) mass is 783 g/mol. The Morgan fingerprint density at radius 3 is 1.58 bits per heavy atom. The van der Waals surface area contributed by atoms with E-state index in [9.17, 15) is 30.0 Å². The van der Waals surface area contributed by atoms with Crippen LogP contribution in [0.1, 0.15) is 193 Å². The van der Waals surface area contributed by atoms with E-state index in [1.807, 2.05) is 6.08 Å². The fraction of sp³-hybridized carbons (Fsp3) is 0.867. The number of unbranched alkanes of at least 4 members (excludes halogenated alkanes) is 24. The van der Waals surface area contributed by atoms with E-state index >= 15 is 0 Å². The number of aliphatic hydroxyl groups is 4. The predicted octanol–water partition coefficient (Wildman–Crippen LogP) is 9.33. The molecule has 0 aliphatic carbocycles. The van der Waals surface area contributed by atoms with Crippen LogP contribution in [-0.4, -0.2) is 89.0 Å². The van der Waals surface area contributed by atoms with Crippen molar-refractivity contribution in [2.75, 3.05) is 19.8 Å². The number of esters is 2. The van der Waals surface area contributed by atoms with Crippen molar-refractivity contribution in [1.82, 2.24) is 0 Å². The Labute approximate surface area is 334 Å². The molecule has 10 nitrogen and oxygen atoms in total. The lowest BCUT2D eigenvalue weighted by Gasteiger charge is -2.39. The second-order valence-electron chi connectivity index (χ2n) is 15.6. The van der Waals surface area contributed by atoms with Crippen LogP contribution in [0.25, 0.3) is 0 Å². The topological polar surface area (TPSA) is 152 Å². The molecule has 6 atom stereocenters. The highest BCUT2D eigenvalue weighted by atomic mass is 16.7. The summed E-state index contributed by atoms with van der Waals surface area (Å²) in [6.45, 7) is 4.93. The molecule has 1 aliphatic heterocycles. The molecule has 0 aromatic carbocycles. The Bertz CT molecular complexity index is 941. The minimum Gasteiger partial charge on any atom is -0.462 e. The first kappa shape index (κ1) is 51.2. The molecular weight excluding hydrogens is 700 g/mol. The SMILES string of the molecule is C=CCCCCCCCCCCCCCCCC(=O)O[C@@H](COC(=O)CCCC/C=C/CCCCCCCCCCC)CO[C@H]1O[C@@H](CO)[C@@H](O)C(O)C1O. The predicted molar refractivity (Wildman–Crippen MR) is 219 cm³/mol. The van der Waals surface area contributed by atoms with E-state index < -0.39 is 55.4 Å². The highest BCUT2D eigenvalue weighted by molar-refractivity contribution is 5.70. The Kier molecular flexibility index (Phi) is 34.0. The summed E-state index contributed by atoms with van der Waals surface area (Å²) in [6, 6.07) is 0. The summed E-state index contributed by atoms with van der Waals surface area (Å²) in [6.07, 6.45) is 30.8. The smallest absolute Gasteiger partial charge is 0.306 e. The van der Waals surface area contributed by atoms with Crippen LogP contribution in [0.3, 0.4) is 0 Å². The maximum atomic E-state index is 12.8. The summed E-state index contributed by atoms with van der Waals surface area (Å²) in [5.41, 5.74) is 0. The van der Waals surface area contributed by atoms with Crippen molar-refractivity contribution in [3.8, 4) is 0 Å². The molecule has 1 fully saturated rings. The maximum Gasteiger partial charge on any atom is 0.306 e. The quantitative estimate of drug-likeness (QED) is 0.0271. The molecule has 0 amide bonds. The third kappa shape index (κ3) is 28.3. The van der Waals surface area contributed by atoms with Crippen molar-refractivity contribution >= 4 is 11.9 Å². The first-order chi connectivity index (χ1) is 26.8. The summed E-state index contributed by atoms with van der Waals surface area (Å²) in [7, 11) is 0. The van der Waals surface area contributed by atoms with Crippen molar-refractivity contribution in [3.05, 3.63) is 24.8 Å². The number of hydrogen-bond donors (Lipinski definition) is 4. The minimum atomic E-state index is -1.60. The van der Waals surface area contributed by atoms with Crippen molar-refractivity contribution in [1.29, 1.82) is 0 Å². The Morgan fingerprint density at radius 2 is 1.05 bits per heavy atom. The normalized spacial score (nSPS) is 20.5. The van der Waals surface area contributed by atoms with Gasteiger partial charge in [-0.1, -0.05) is 147 Å². The average molecular weight is 783 g/mol. The van der Waals surface area contributed by atoms with Crippen LogP contribution in [0, 0.1) is 0 Å². The van der Waals surface area contributed by atoms with Crippen LogP contribution in [0.15, 0.2) is 24.8 Å². The fourth-order valence-corrected chi connectivity index (χ4v) is 6.87. The molecule has 1 aliphatic rings. The summed E-state index contributed by atoms with van der Waals surface area (Å²) in [5.74, 6) is -0.830. The third-order valence-electron chi connectivity index (χ3n) is 10.5. The third-order valence-corrected chi connectivity index (χ3v) is 10.5. The Hall–Kier alpha value is -1.82. The van der Waals surface area contributed by atoms with Crippen molar-refractivity contribution < 1.29 is 49.0 Å². The van der Waals surface area contributed by atoms with E-state index in [1.54, 1.807) is 0 Å². The van der Waals surface area contributed by atoms with Gasteiger partial charge in [-0.3, -0.25) is 9.59 Å². The highest BCUT2D eigenvalue weighted by Gasteiger charge is 2.44. The molecule has 0 spiro atoms. The number of carbonyl (C=O) groups excluding carboxylic acids is 2. The maximum absolute atomic E-state index is 12.8. The lowest BCUT2D eigenvalue weighted by molar-refractivity contribution is -0.305. The Morgan fingerprint density at radius 1 is 0.600 bits per heavy atom. The number of hydrogen-bond acceptors (Lipinski definition) is 10. The molecule has 1 heterocycles. The molecule has 0 aromatic rings. The number of allylic oxidation sites excluding steroid dienone is 3.